The van der Waals surface area contributed by atoms with E-state index in [2.05, 4.69) is 15.5 Å². The van der Waals surface area contributed by atoms with Crippen molar-refractivity contribution >= 4 is 22.8 Å². The van der Waals surface area contributed by atoms with Gasteiger partial charge in [-0.05, 0) is 31.0 Å². The third-order valence-corrected chi connectivity index (χ3v) is 4.29. The molecule has 2 aromatic rings. The van der Waals surface area contributed by atoms with Crippen LogP contribution < -0.4 is 5.32 Å². The number of esters is 1. The molecule has 0 saturated heterocycles. The normalized spacial score (nSPS) is 21.5. The molecule has 1 fully saturated rings. The fraction of sp³-hybridized carbons (Fsp3) is 0.438. The fourth-order valence-corrected chi connectivity index (χ4v) is 3.07. The number of nitrogens with zero attached hydrogens (tertiary/aromatic N) is 1. The van der Waals surface area contributed by atoms with Gasteiger partial charge >= 0.3 is 5.97 Å². The zero-order valence-corrected chi connectivity index (χ0v) is 12.5. The molecule has 1 aliphatic carbocycles. The summed E-state index contributed by atoms with van der Waals surface area (Å²) in [6, 6.07) is 5.22. The van der Waals surface area contributed by atoms with E-state index < -0.39 is 0 Å². The summed E-state index contributed by atoms with van der Waals surface area (Å²) in [7, 11) is 1.39. The number of rotatable bonds is 3. The van der Waals surface area contributed by atoms with E-state index in [-0.39, 0.29) is 23.8 Å². The lowest BCUT2D eigenvalue weighted by Crippen LogP contribution is -2.45. The van der Waals surface area contributed by atoms with Crippen LogP contribution in [0, 0.1) is 5.92 Å². The van der Waals surface area contributed by atoms with Crippen molar-refractivity contribution in [3.8, 4) is 0 Å². The minimum absolute atomic E-state index is 0.159. The van der Waals surface area contributed by atoms with Crippen LogP contribution in [-0.2, 0) is 9.53 Å². The number of hydrogen-bond donors (Lipinski definition) is 2. The summed E-state index contributed by atoms with van der Waals surface area (Å²) in [5, 5.41) is 10.7. The van der Waals surface area contributed by atoms with Gasteiger partial charge in [0.2, 0.25) is 0 Å². The molecule has 6 heteroatoms. The molecule has 3 rings (SSSR count). The summed E-state index contributed by atoms with van der Waals surface area (Å²) in [6.45, 7) is 0. The first kappa shape index (κ1) is 14.6. The molecule has 22 heavy (non-hydrogen) atoms. The lowest BCUT2D eigenvalue weighted by molar-refractivity contribution is -0.147. The summed E-state index contributed by atoms with van der Waals surface area (Å²) in [5.74, 6) is -0.653. The first-order chi connectivity index (χ1) is 10.7. The molecule has 6 nitrogen and oxygen atoms in total. The Hall–Kier alpha value is -2.37. The van der Waals surface area contributed by atoms with Crippen molar-refractivity contribution in [3.63, 3.8) is 0 Å². The summed E-state index contributed by atoms with van der Waals surface area (Å²) >= 11 is 0. The van der Waals surface area contributed by atoms with Gasteiger partial charge in [-0.1, -0.05) is 12.8 Å². The number of aromatic amines is 1. The third kappa shape index (κ3) is 2.81. The molecule has 0 aliphatic heterocycles. The summed E-state index contributed by atoms with van der Waals surface area (Å²) < 4.78 is 4.85. The number of amides is 1. The zero-order valence-electron chi connectivity index (χ0n) is 12.5. The number of H-pyrrole nitrogens is 1. The van der Waals surface area contributed by atoms with Crippen molar-refractivity contribution in [2.24, 2.45) is 5.92 Å². The van der Waals surface area contributed by atoms with Crippen LogP contribution in [0.1, 0.15) is 36.0 Å². The van der Waals surface area contributed by atoms with E-state index in [1.165, 1.54) is 7.11 Å². The van der Waals surface area contributed by atoms with Gasteiger partial charge in [0, 0.05) is 17.0 Å². The molecule has 1 aliphatic rings. The van der Waals surface area contributed by atoms with Crippen LogP contribution >= 0.6 is 0 Å². The minimum atomic E-state index is -0.250. The first-order valence-corrected chi connectivity index (χ1v) is 7.51. The smallest absolute Gasteiger partial charge is 0.310 e. The monoisotopic (exact) mass is 301 g/mol. The van der Waals surface area contributed by atoms with E-state index >= 15 is 0 Å². The average molecular weight is 301 g/mol. The average Bonchev–Trinajstić information content (AvgIpc) is 3.02. The number of fused-ring (bicyclic) bond motifs is 1. The van der Waals surface area contributed by atoms with Crippen molar-refractivity contribution < 1.29 is 14.3 Å². The Labute approximate surface area is 128 Å². The number of ether oxygens (including phenoxy) is 1. The molecule has 0 spiro atoms. The van der Waals surface area contributed by atoms with Gasteiger partial charge < -0.3 is 10.1 Å². The van der Waals surface area contributed by atoms with Gasteiger partial charge in [-0.3, -0.25) is 14.7 Å². The maximum atomic E-state index is 12.4. The second-order valence-electron chi connectivity index (χ2n) is 5.67. The standard InChI is InChI=1S/C16H19N3O3/c1-22-16(21)12-4-2-3-5-14(12)18-15(20)10-6-7-13-11(8-10)9-17-19-13/h6-9,12,14H,2-5H2,1H3,(H,17,19)(H,18,20). The van der Waals surface area contributed by atoms with E-state index in [1.54, 1.807) is 18.3 Å². The molecule has 1 saturated carbocycles. The van der Waals surface area contributed by atoms with Crippen molar-refractivity contribution in [1.82, 2.24) is 15.5 Å². The van der Waals surface area contributed by atoms with Crippen LogP contribution in [-0.4, -0.2) is 35.2 Å². The molecule has 0 bridgehead atoms. The highest BCUT2D eigenvalue weighted by molar-refractivity contribution is 5.98. The molecule has 116 valence electrons. The molecule has 0 radical (unpaired) electrons. The predicted molar refractivity (Wildman–Crippen MR) is 81.3 cm³/mol. The minimum Gasteiger partial charge on any atom is -0.469 e. The molecule has 2 unspecified atom stereocenters. The van der Waals surface area contributed by atoms with Crippen LogP contribution in [0.2, 0.25) is 0 Å². The Bertz CT molecular complexity index is 695. The zero-order chi connectivity index (χ0) is 15.5. The van der Waals surface area contributed by atoms with E-state index in [9.17, 15) is 9.59 Å². The molecule has 1 heterocycles. The van der Waals surface area contributed by atoms with E-state index in [0.717, 1.165) is 36.6 Å². The van der Waals surface area contributed by atoms with Crippen LogP contribution in [0.4, 0.5) is 0 Å². The van der Waals surface area contributed by atoms with Crippen molar-refractivity contribution in [2.75, 3.05) is 7.11 Å². The Morgan fingerprint density at radius 2 is 2.14 bits per heavy atom. The quantitative estimate of drug-likeness (QED) is 0.850. The first-order valence-electron chi connectivity index (χ1n) is 7.51. The maximum absolute atomic E-state index is 12.4. The summed E-state index contributed by atoms with van der Waals surface area (Å²) in [4.78, 5) is 24.3. The highest BCUT2D eigenvalue weighted by atomic mass is 16.5. The number of carbonyl (C=O) groups excluding carboxylic acids is 2. The molecule has 1 aromatic heterocycles. The van der Waals surface area contributed by atoms with E-state index in [0.29, 0.717) is 5.56 Å². The highest BCUT2D eigenvalue weighted by Crippen LogP contribution is 2.26. The van der Waals surface area contributed by atoms with Crippen LogP contribution in [0.5, 0.6) is 0 Å². The van der Waals surface area contributed by atoms with Gasteiger partial charge in [0.1, 0.15) is 0 Å². The fourth-order valence-electron chi connectivity index (χ4n) is 3.07. The molecule has 1 amide bonds. The van der Waals surface area contributed by atoms with Gasteiger partial charge in [0.15, 0.2) is 0 Å². The van der Waals surface area contributed by atoms with Crippen LogP contribution in [0.25, 0.3) is 10.9 Å². The van der Waals surface area contributed by atoms with Crippen molar-refractivity contribution in [2.45, 2.75) is 31.7 Å². The topological polar surface area (TPSA) is 84.1 Å². The van der Waals surface area contributed by atoms with E-state index in [1.807, 2.05) is 6.07 Å². The molecule has 2 N–H and O–H groups in total. The van der Waals surface area contributed by atoms with Gasteiger partial charge in [0.05, 0.1) is 24.7 Å². The summed E-state index contributed by atoms with van der Waals surface area (Å²) in [5.41, 5.74) is 1.46. The number of nitrogens with one attached hydrogen (secondary N) is 2. The maximum Gasteiger partial charge on any atom is 0.310 e. The largest absolute Gasteiger partial charge is 0.469 e. The lowest BCUT2D eigenvalue weighted by atomic mass is 9.84. The molecule has 1 aromatic carbocycles. The number of hydrogen-bond acceptors (Lipinski definition) is 4. The van der Waals surface area contributed by atoms with Gasteiger partial charge in [0.25, 0.3) is 5.91 Å². The highest BCUT2D eigenvalue weighted by Gasteiger charge is 2.32. The van der Waals surface area contributed by atoms with Crippen LogP contribution in [0.15, 0.2) is 24.4 Å². The summed E-state index contributed by atoms with van der Waals surface area (Å²) in [6.07, 6.45) is 5.26. The Balaban J connectivity index is 1.75. The Kier molecular flexibility index (Phi) is 4.09. The van der Waals surface area contributed by atoms with Gasteiger partial charge in [-0.2, -0.15) is 5.10 Å². The molecular weight excluding hydrogens is 282 g/mol. The van der Waals surface area contributed by atoms with Crippen molar-refractivity contribution in [3.05, 3.63) is 30.0 Å². The third-order valence-electron chi connectivity index (χ3n) is 4.29. The molecule has 2 atom stereocenters. The van der Waals surface area contributed by atoms with Gasteiger partial charge in [-0.15, -0.1) is 0 Å². The number of methoxy groups -OCH3 is 1. The van der Waals surface area contributed by atoms with Gasteiger partial charge in [-0.25, -0.2) is 0 Å². The SMILES string of the molecule is COC(=O)C1CCCCC1NC(=O)c1ccc2[nH]ncc2c1. The van der Waals surface area contributed by atoms with Crippen molar-refractivity contribution in [1.29, 1.82) is 0 Å². The number of benzene rings is 1. The Morgan fingerprint density at radius 1 is 1.32 bits per heavy atom. The molecular formula is C16H19N3O3. The van der Waals surface area contributed by atoms with E-state index in [4.69, 9.17) is 4.74 Å². The second kappa shape index (κ2) is 6.17. The van der Waals surface area contributed by atoms with Crippen LogP contribution in [0.3, 0.4) is 0 Å². The number of carbonyl (C=O) groups is 2. The second-order valence-corrected chi connectivity index (χ2v) is 5.67. The predicted octanol–water partition coefficient (Wildman–Crippen LogP) is 2.02. The number of aromatic nitrogens is 2. The lowest BCUT2D eigenvalue weighted by Gasteiger charge is -2.30. The Morgan fingerprint density at radius 3 is 2.95 bits per heavy atom.